The highest BCUT2D eigenvalue weighted by Gasteiger charge is 2.29. The van der Waals surface area contributed by atoms with Crippen LogP contribution in [0.15, 0.2) is 47.1 Å². The molecule has 1 atom stereocenters. The predicted molar refractivity (Wildman–Crippen MR) is 112 cm³/mol. The first-order valence-electron chi connectivity index (χ1n) is 10.7. The summed E-state index contributed by atoms with van der Waals surface area (Å²) < 4.78 is 10.6. The lowest BCUT2D eigenvalue weighted by atomic mass is 9.96. The van der Waals surface area contributed by atoms with E-state index in [4.69, 9.17) is 9.15 Å². The highest BCUT2D eigenvalue weighted by Crippen LogP contribution is 2.19. The van der Waals surface area contributed by atoms with Gasteiger partial charge in [0.2, 0.25) is 5.91 Å². The zero-order valence-corrected chi connectivity index (χ0v) is 17.2. The van der Waals surface area contributed by atoms with Crippen molar-refractivity contribution in [2.75, 3.05) is 39.4 Å². The number of benzene rings is 1. The summed E-state index contributed by atoms with van der Waals surface area (Å²) in [6.07, 6.45) is 3.11. The number of ether oxygens (including phenoxy) is 1. The van der Waals surface area contributed by atoms with Gasteiger partial charge >= 0.3 is 0 Å². The van der Waals surface area contributed by atoms with Crippen molar-refractivity contribution in [2.24, 2.45) is 5.92 Å². The molecular weight excluding hydrogens is 382 g/mol. The lowest BCUT2D eigenvalue weighted by Gasteiger charge is -2.31. The minimum Gasteiger partial charge on any atom is -0.459 e. The number of morpholine rings is 1. The molecule has 1 aromatic heterocycles. The van der Waals surface area contributed by atoms with Gasteiger partial charge in [-0.1, -0.05) is 24.3 Å². The molecule has 0 aliphatic carbocycles. The summed E-state index contributed by atoms with van der Waals surface area (Å²) in [6, 6.07) is 11.8. The van der Waals surface area contributed by atoms with Crippen LogP contribution in [0.4, 0.5) is 0 Å². The van der Waals surface area contributed by atoms with Crippen LogP contribution in [0.3, 0.4) is 0 Å². The molecule has 2 saturated heterocycles. The third kappa shape index (κ3) is 5.29. The summed E-state index contributed by atoms with van der Waals surface area (Å²) in [5.41, 5.74) is 2.35. The molecule has 7 nitrogen and oxygen atoms in total. The third-order valence-electron chi connectivity index (χ3n) is 5.81. The normalized spacial score (nSPS) is 20.1. The van der Waals surface area contributed by atoms with Crippen LogP contribution < -0.4 is 5.32 Å². The van der Waals surface area contributed by atoms with E-state index in [0.29, 0.717) is 25.4 Å². The predicted octanol–water partition coefficient (Wildman–Crippen LogP) is 2.28. The van der Waals surface area contributed by atoms with Crippen LogP contribution >= 0.6 is 0 Å². The molecule has 7 heteroatoms. The number of nitrogens with zero attached hydrogens (tertiary/aromatic N) is 2. The molecule has 2 fully saturated rings. The quantitative estimate of drug-likeness (QED) is 0.789. The average molecular weight is 412 g/mol. The van der Waals surface area contributed by atoms with Crippen molar-refractivity contribution in [1.82, 2.24) is 15.1 Å². The molecule has 2 aliphatic rings. The maximum Gasteiger partial charge on any atom is 0.289 e. The van der Waals surface area contributed by atoms with E-state index in [-0.39, 0.29) is 17.7 Å². The van der Waals surface area contributed by atoms with Gasteiger partial charge in [-0.3, -0.25) is 14.5 Å². The summed E-state index contributed by atoms with van der Waals surface area (Å²) in [6.45, 7) is 6.07. The highest BCUT2D eigenvalue weighted by atomic mass is 16.5. The molecule has 0 spiro atoms. The maximum atomic E-state index is 12.7. The summed E-state index contributed by atoms with van der Waals surface area (Å²) in [5.74, 6) is 0.00387. The van der Waals surface area contributed by atoms with E-state index in [2.05, 4.69) is 34.5 Å². The van der Waals surface area contributed by atoms with Crippen LogP contribution in [0.2, 0.25) is 0 Å². The van der Waals surface area contributed by atoms with Gasteiger partial charge in [0.1, 0.15) is 0 Å². The van der Waals surface area contributed by atoms with Crippen molar-refractivity contribution in [3.63, 3.8) is 0 Å². The van der Waals surface area contributed by atoms with Gasteiger partial charge in [0.05, 0.1) is 25.4 Å². The second-order valence-corrected chi connectivity index (χ2v) is 7.99. The number of likely N-dealkylation sites (tertiary alicyclic amines) is 1. The summed E-state index contributed by atoms with van der Waals surface area (Å²) in [4.78, 5) is 29.2. The van der Waals surface area contributed by atoms with E-state index < -0.39 is 0 Å². The van der Waals surface area contributed by atoms with Crippen LogP contribution in [-0.2, 0) is 22.6 Å². The van der Waals surface area contributed by atoms with Crippen LogP contribution in [-0.4, -0.2) is 61.0 Å². The summed E-state index contributed by atoms with van der Waals surface area (Å²) in [5, 5.41) is 3.04. The highest BCUT2D eigenvalue weighted by molar-refractivity contribution is 5.92. The fourth-order valence-corrected chi connectivity index (χ4v) is 4.05. The molecule has 1 N–H and O–H groups in total. The summed E-state index contributed by atoms with van der Waals surface area (Å²) in [7, 11) is 0. The number of hydrogen-bond donors (Lipinski definition) is 1. The van der Waals surface area contributed by atoms with Gasteiger partial charge < -0.3 is 19.4 Å². The molecule has 2 aliphatic heterocycles. The number of carbonyl (C=O) groups excluding carboxylic acids is 2. The number of amides is 2. The molecule has 2 amide bonds. The van der Waals surface area contributed by atoms with E-state index in [1.54, 1.807) is 17.0 Å². The molecule has 0 unspecified atom stereocenters. The van der Waals surface area contributed by atoms with Crippen LogP contribution in [0.1, 0.15) is 34.5 Å². The Morgan fingerprint density at radius 1 is 1.03 bits per heavy atom. The summed E-state index contributed by atoms with van der Waals surface area (Å²) >= 11 is 0. The molecule has 0 bridgehead atoms. The van der Waals surface area contributed by atoms with E-state index >= 15 is 0 Å². The van der Waals surface area contributed by atoms with Crippen LogP contribution in [0.25, 0.3) is 0 Å². The zero-order chi connectivity index (χ0) is 20.8. The van der Waals surface area contributed by atoms with Crippen molar-refractivity contribution >= 4 is 11.8 Å². The van der Waals surface area contributed by atoms with Gasteiger partial charge in [-0.15, -0.1) is 0 Å². The molecule has 0 radical (unpaired) electrons. The van der Waals surface area contributed by atoms with Gasteiger partial charge in [0.25, 0.3) is 5.91 Å². The standard InChI is InChI=1S/C23H29N3O4/c27-22(20-3-1-9-26(17-20)23(28)21-4-2-12-30-21)24-15-18-5-7-19(8-6-18)16-25-10-13-29-14-11-25/h2,4-8,12,20H,1,3,9-11,13-17H2,(H,24,27)/t20-/m0/s1. The molecule has 30 heavy (non-hydrogen) atoms. The molecular formula is C23H29N3O4. The first-order chi connectivity index (χ1) is 14.7. The average Bonchev–Trinajstić information content (AvgIpc) is 3.34. The SMILES string of the molecule is O=C(NCc1ccc(CN2CCOCC2)cc1)[C@H]1CCCN(C(=O)c2ccco2)C1. The second-order valence-electron chi connectivity index (χ2n) is 7.99. The number of nitrogens with one attached hydrogen (secondary N) is 1. The Hall–Kier alpha value is -2.64. The monoisotopic (exact) mass is 411 g/mol. The van der Waals surface area contributed by atoms with Crippen molar-refractivity contribution < 1.29 is 18.7 Å². The number of carbonyl (C=O) groups is 2. The van der Waals surface area contributed by atoms with E-state index in [9.17, 15) is 9.59 Å². The lowest BCUT2D eigenvalue weighted by molar-refractivity contribution is -0.126. The van der Waals surface area contributed by atoms with Crippen molar-refractivity contribution in [3.8, 4) is 0 Å². The topological polar surface area (TPSA) is 75.0 Å². The van der Waals surface area contributed by atoms with E-state index in [1.165, 1.54) is 11.8 Å². The largest absolute Gasteiger partial charge is 0.459 e. The minimum absolute atomic E-state index is 0.00402. The third-order valence-corrected chi connectivity index (χ3v) is 5.81. The Morgan fingerprint density at radius 3 is 2.53 bits per heavy atom. The Bertz CT molecular complexity index is 829. The minimum atomic E-state index is -0.182. The first kappa shape index (κ1) is 20.6. The smallest absolute Gasteiger partial charge is 0.289 e. The molecule has 0 saturated carbocycles. The molecule has 1 aromatic carbocycles. The second kappa shape index (κ2) is 9.91. The van der Waals surface area contributed by atoms with Crippen molar-refractivity contribution in [3.05, 3.63) is 59.5 Å². The van der Waals surface area contributed by atoms with E-state index in [0.717, 1.165) is 51.3 Å². The van der Waals surface area contributed by atoms with Gasteiger partial charge in [0.15, 0.2) is 5.76 Å². The van der Waals surface area contributed by atoms with Crippen LogP contribution in [0, 0.1) is 5.92 Å². The Kier molecular flexibility index (Phi) is 6.81. The fourth-order valence-electron chi connectivity index (χ4n) is 4.05. The Labute approximate surface area is 177 Å². The molecule has 2 aromatic rings. The van der Waals surface area contributed by atoms with Crippen LogP contribution in [0.5, 0.6) is 0 Å². The lowest BCUT2D eigenvalue weighted by Crippen LogP contribution is -2.45. The first-order valence-corrected chi connectivity index (χ1v) is 10.7. The maximum absolute atomic E-state index is 12.7. The van der Waals surface area contributed by atoms with Gasteiger partial charge in [-0.2, -0.15) is 0 Å². The zero-order valence-electron chi connectivity index (χ0n) is 17.2. The fraction of sp³-hybridized carbons (Fsp3) is 0.478. The van der Waals surface area contributed by atoms with Gasteiger partial charge in [-0.25, -0.2) is 0 Å². The number of rotatable bonds is 6. The Morgan fingerprint density at radius 2 is 1.80 bits per heavy atom. The Balaban J connectivity index is 1.25. The molecule has 4 rings (SSSR count). The van der Waals surface area contributed by atoms with Crippen molar-refractivity contribution in [2.45, 2.75) is 25.9 Å². The molecule has 3 heterocycles. The van der Waals surface area contributed by atoms with E-state index in [1.807, 2.05) is 0 Å². The van der Waals surface area contributed by atoms with Gasteiger partial charge in [0, 0.05) is 39.3 Å². The van der Waals surface area contributed by atoms with Crippen molar-refractivity contribution in [1.29, 1.82) is 0 Å². The number of furan rings is 1. The number of piperidine rings is 1. The van der Waals surface area contributed by atoms with Gasteiger partial charge in [-0.05, 0) is 36.1 Å². The number of hydrogen-bond acceptors (Lipinski definition) is 5. The molecule has 160 valence electrons.